The summed E-state index contributed by atoms with van der Waals surface area (Å²) in [7, 11) is 0. The summed E-state index contributed by atoms with van der Waals surface area (Å²) in [5.41, 5.74) is 7.83. The molecule has 0 fully saturated rings. The Hall–Kier alpha value is -1.87. The summed E-state index contributed by atoms with van der Waals surface area (Å²) in [5.74, 6) is 1.56. The van der Waals surface area contributed by atoms with E-state index in [9.17, 15) is 4.39 Å². The maximum atomic E-state index is 13.3. The Labute approximate surface area is 125 Å². The second-order valence-electron chi connectivity index (χ2n) is 5.45. The highest BCUT2D eigenvalue weighted by Crippen LogP contribution is 2.30. The number of hydrogen-bond acceptors (Lipinski definition) is 2. The van der Waals surface area contributed by atoms with E-state index in [0.29, 0.717) is 17.2 Å². The minimum Gasteiger partial charge on any atom is -0.457 e. The van der Waals surface area contributed by atoms with Gasteiger partial charge in [0.15, 0.2) is 0 Å². The summed E-state index contributed by atoms with van der Waals surface area (Å²) < 4.78 is 19.2. The van der Waals surface area contributed by atoms with Crippen LogP contribution in [0.5, 0.6) is 11.5 Å². The van der Waals surface area contributed by atoms with Crippen molar-refractivity contribution in [3.63, 3.8) is 0 Å². The fourth-order valence-corrected chi connectivity index (χ4v) is 2.20. The van der Waals surface area contributed by atoms with Gasteiger partial charge in [0.2, 0.25) is 0 Å². The first-order chi connectivity index (χ1) is 10.0. The van der Waals surface area contributed by atoms with Crippen LogP contribution >= 0.6 is 0 Å². The first-order valence-corrected chi connectivity index (χ1v) is 7.34. The van der Waals surface area contributed by atoms with E-state index in [2.05, 4.69) is 26.0 Å². The molecule has 0 saturated carbocycles. The Balaban J connectivity index is 2.22. The molecule has 0 aliphatic heterocycles. The fourth-order valence-electron chi connectivity index (χ4n) is 2.20. The van der Waals surface area contributed by atoms with E-state index in [0.717, 1.165) is 12.2 Å². The summed E-state index contributed by atoms with van der Waals surface area (Å²) in [6.07, 6.45) is 1.10. The Morgan fingerprint density at radius 3 is 2.33 bits per heavy atom. The lowest BCUT2D eigenvalue weighted by molar-refractivity contribution is 0.469. The molecule has 3 heteroatoms. The topological polar surface area (TPSA) is 35.2 Å². The zero-order valence-electron chi connectivity index (χ0n) is 12.8. The van der Waals surface area contributed by atoms with Crippen LogP contribution in [0.3, 0.4) is 0 Å². The predicted octanol–water partition coefficient (Wildman–Crippen LogP) is 5.15. The molecule has 21 heavy (non-hydrogen) atoms. The summed E-state index contributed by atoms with van der Waals surface area (Å²) in [4.78, 5) is 0. The molecule has 0 bridgehead atoms. The standard InChI is InChI=1S/C18H22FNO/c1-4-12(2)14-5-8-16(9-6-14)21-18-10-7-15(19)11-17(18)13(3)20/h5-13H,4,20H2,1-3H3/t12?,13-/m1/s1. The number of rotatable bonds is 5. The summed E-state index contributed by atoms with van der Waals surface area (Å²) in [6.45, 7) is 6.18. The molecule has 112 valence electrons. The van der Waals surface area contributed by atoms with Gasteiger partial charge in [-0.25, -0.2) is 4.39 Å². The third kappa shape index (κ3) is 3.82. The van der Waals surface area contributed by atoms with Gasteiger partial charge in [-0.1, -0.05) is 26.0 Å². The Morgan fingerprint density at radius 1 is 1.10 bits per heavy atom. The first-order valence-electron chi connectivity index (χ1n) is 7.34. The molecule has 2 atom stereocenters. The Kier molecular flexibility index (Phi) is 4.97. The maximum Gasteiger partial charge on any atom is 0.132 e. The molecule has 0 radical (unpaired) electrons. The Morgan fingerprint density at radius 2 is 1.76 bits per heavy atom. The smallest absolute Gasteiger partial charge is 0.132 e. The molecule has 2 rings (SSSR count). The fraction of sp³-hybridized carbons (Fsp3) is 0.333. The van der Waals surface area contributed by atoms with E-state index in [1.807, 2.05) is 19.1 Å². The van der Waals surface area contributed by atoms with Crippen LogP contribution in [-0.4, -0.2) is 0 Å². The van der Waals surface area contributed by atoms with Crippen molar-refractivity contribution in [2.45, 2.75) is 39.2 Å². The number of ether oxygens (including phenoxy) is 1. The molecule has 0 spiro atoms. The van der Waals surface area contributed by atoms with Crippen LogP contribution in [0.1, 0.15) is 50.3 Å². The number of benzene rings is 2. The molecule has 0 aromatic heterocycles. The van der Waals surface area contributed by atoms with Crippen LogP contribution in [0, 0.1) is 5.82 Å². The molecule has 0 saturated heterocycles. The van der Waals surface area contributed by atoms with Gasteiger partial charge < -0.3 is 10.5 Å². The molecule has 2 aromatic carbocycles. The molecule has 1 unspecified atom stereocenters. The summed E-state index contributed by atoms with van der Waals surface area (Å²) in [6, 6.07) is 12.2. The average molecular weight is 287 g/mol. The minimum absolute atomic E-state index is 0.282. The maximum absolute atomic E-state index is 13.3. The highest BCUT2D eigenvalue weighted by Gasteiger charge is 2.11. The third-order valence-corrected chi connectivity index (χ3v) is 3.75. The van der Waals surface area contributed by atoms with Crippen LogP contribution in [0.15, 0.2) is 42.5 Å². The van der Waals surface area contributed by atoms with Gasteiger partial charge in [-0.15, -0.1) is 0 Å². The zero-order valence-corrected chi connectivity index (χ0v) is 12.8. The van der Waals surface area contributed by atoms with Crippen molar-refractivity contribution < 1.29 is 9.13 Å². The van der Waals surface area contributed by atoms with Gasteiger partial charge in [0.05, 0.1) is 0 Å². The highest BCUT2D eigenvalue weighted by atomic mass is 19.1. The van der Waals surface area contributed by atoms with Crippen molar-refractivity contribution in [1.29, 1.82) is 0 Å². The van der Waals surface area contributed by atoms with E-state index in [1.165, 1.54) is 17.7 Å². The molecule has 0 aliphatic rings. The first kappa shape index (κ1) is 15.5. The van der Waals surface area contributed by atoms with E-state index < -0.39 is 0 Å². The van der Waals surface area contributed by atoms with Gasteiger partial charge in [-0.3, -0.25) is 0 Å². The molecule has 2 N–H and O–H groups in total. The zero-order chi connectivity index (χ0) is 15.4. The third-order valence-electron chi connectivity index (χ3n) is 3.75. The van der Waals surface area contributed by atoms with E-state index in [4.69, 9.17) is 10.5 Å². The summed E-state index contributed by atoms with van der Waals surface area (Å²) in [5, 5.41) is 0. The van der Waals surface area contributed by atoms with E-state index >= 15 is 0 Å². The molecule has 0 amide bonds. The molecule has 0 aliphatic carbocycles. The second-order valence-corrected chi connectivity index (χ2v) is 5.45. The lowest BCUT2D eigenvalue weighted by atomic mass is 9.99. The van der Waals surface area contributed by atoms with E-state index in [1.54, 1.807) is 6.07 Å². The van der Waals surface area contributed by atoms with Gasteiger partial charge in [-0.05, 0) is 55.2 Å². The normalized spacial score (nSPS) is 13.8. The molecule has 0 heterocycles. The largest absolute Gasteiger partial charge is 0.457 e. The van der Waals surface area contributed by atoms with Crippen LogP contribution in [0.25, 0.3) is 0 Å². The monoisotopic (exact) mass is 287 g/mol. The van der Waals surface area contributed by atoms with Crippen LogP contribution in [0.2, 0.25) is 0 Å². The molecular formula is C18H22FNO. The van der Waals surface area contributed by atoms with Crippen molar-refractivity contribution in [2.75, 3.05) is 0 Å². The van der Waals surface area contributed by atoms with Crippen molar-refractivity contribution in [1.82, 2.24) is 0 Å². The van der Waals surface area contributed by atoms with Crippen molar-refractivity contribution in [3.8, 4) is 11.5 Å². The lowest BCUT2D eigenvalue weighted by Gasteiger charge is -2.15. The number of hydrogen-bond donors (Lipinski definition) is 1. The SMILES string of the molecule is CCC(C)c1ccc(Oc2ccc(F)cc2[C@@H](C)N)cc1. The van der Waals surface area contributed by atoms with Gasteiger partial charge in [-0.2, -0.15) is 0 Å². The van der Waals surface area contributed by atoms with Crippen LogP contribution < -0.4 is 10.5 Å². The number of nitrogens with two attached hydrogens (primary N) is 1. The van der Waals surface area contributed by atoms with Gasteiger partial charge >= 0.3 is 0 Å². The van der Waals surface area contributed by atoms with Crippen molar-refractivity contribution in [3.05, 3.63) is 59.4 Å². The lowest BCUT2D eigenvalue weighted by Crippen LogP contribution is -2.07. The molecule has 2 aromatic rings. The van der Waals surface area contributed by atoms with Crippen LogP contribution in [-0.2, 0) is 0 Å². The second kappa shape index (κ2) is 6.72. The van der Waals surface area contributed by atoms with Crippen molar-refractivity contribution in [2.24, 2.45) is 5.73 Å². The minimum atomic E-state index is -0.304. The molecule has 2 nitrogen and oxygen atoms in total. The van der Waals surface area contributed by atoms with Crippen LogP contribution in [0.4, 0.5) is 4.39 Å². The number of halogens is 1. The van der Waals surface area contributed by atoms with Gasteiger partial charge in [0.25, 0.3) is 0 Å². The summed E-state index contributed by atoms with van der Waals surface area (Å²) >= 11 is 0. The van der Waals surface area contributed by atoms with Gasteiger partial charge in [0.1, 0.15) is 17.3 Å². The van der Waals surface area contributed by atoms with Crippen molar-refractivity contribution >= 4 is 0 Å². The average Bonchev–Trinajstić information content (AvgIpc) is 2.49. The quantitative estimate of drug-likeness (QED) is 0.825. The van der Waals surface area contributed by atoms with E-state index in [-0.39, 0.29) is 11.9 Å². The van der Waals surface area contributed by atoms with Gasteiger partial charge in [0, 0.05) is 11.6 Å². The molecular weight excluding hydrogens is 265 g/mol. The Bertz CT molecular complexity index is 593. The predicted molar refractivity (Wildman–Crippen MR) is 84.2 cm³/mol. The highest BCUT2D eigenvalue weighted by molar-refractivity contribution is 5.40.